The minimum atomic E-state index is -4.42. The van der Waals surface area contributed by atoms with Crippen molar-refractivity contribution in [2.75, 3.05) is 6.61 Å². The molecule has 6 atom stereocenters. The predicted molar refractivity (Wildman–Crippen MR) is 145 cm³/mol. The summed E-state index contributed by atoms with van der Waals surface area (Å²) in [7, 11) is -4.42. The fourth-order valence-corrected chi connectivity index (χ4v) is 5.75. The van der Waals surface area contributed by atoms with Gasteiger partial charge in [0.15, 0.2) is 18.3 Å². The van der Waals surface area contributed by atoms with E-state index in [0.29, 0.717) is 17.0 Å². The van der Waals surface area contributed by atoms with Crippen LogP contribution >= 0.6 is 7.75 Å². The Morgan fingerprint density at radius 1 is 1.26 bits per heavy atom. The summed E-state index contributed by atoms with van der Waals surface area (Å²) in [5.41, 5.74) is -2.88. The molecule has 4 rings (SSSR count). The lowest BCUT2D eigenvalue weighted by Gasteiger charge is -2.25. The van der Waals surface area contributed by atoms with Gasteiger partial charge in [-0.3, -0.25) is 23.7 Å². The van der Waals surface area contributed by atoms with Crippen molar-refractivity contribution < 1.29 is 41.8 Å². The van der Waals surface area contributed by atoms with Crippen LogP contribution in [0.5, 0.6) is 5.75 Å². The van der Waals surface area contributed by atoms with E-state index in [0.717, 1.165) is 23.8 Å². The van der Waals surface area contributed by atoms with Crippen LogP contribution < -0.4 is 20.9 Å². The van der Waals surface area contributed by atoms with Gasteiger partial charge in [0.2, 0.25) is 0 Å². The number of aromatic amines is 1. The molecule has 1 fully saturated rings. The molecule has 228 valence electrons. The Balaban J connectivity index is 1.55. The third-order valence-corrected chi connectivity index (χ3v) is 8.03. The Hall–Kier alpha value is -3.62. The van der Waals surface area contributed by atoms with E-state index in [1.165, 1.54) is 25.5 Å². The summed E-state index contributed by atoms with van der Waals surface area (Å²) in [5.74, 6) is -0.0597. The quantitative estimate of drug-likeness (QED) is 0.213. The first-order valence-electron chi connectivity index (χ1n) is 13.0. The molecular weight excluding hydrogens is 578 g/mol. The summed E-state index contributed by atoms with van der Waals surface area (Å²) in [5, 5.41) is 13.2. The Kier molecular flexibility index (Phi) is 9.18. The van der Waals surface area contributed by atoms with Gasteiger partial charge in [-0.2, -0.15) is 5.09 Å². The topological polar surface area (TPSA) is 184 Å². The first-order chi connectivity index (χ1) is 19.7. The molecule has 42 heavy (non-hydrogen) atoms. The van der Waals surface area contributed by atoms with Crippen molar-refractivity contribution in [3.05, 3.63) is 69.5 Å². The molecule has 1 saturated heterocycles. The lowest BCUT2D eigenvalue weighted by atomic mass is 9.98. The molecule has 2 aromatic heterocycles. The van der Waals surface area contributed by atoms with Crippen molar-refractivity contribution in [3.8, 4) is 17.0 Å². The maximum Gasteiger partial charge on any atom is 0.459 e. The van der Waals surface area contributed by atoms with Crippen molar-refractivity contribution in [3.63, 3.8) is 0 Å². The molecule has 3 heterocycles. The first kappa shape index (κ1) is 31.3. The monoisotopic (exact) mass is 610 g/mol. The zero-order valence-electron chi connectivity index (χ0n) is 23.5. The molecule has 3 aromatic rings. The molecule has 0 saturated carbocycles. The molecule has 16 heteroatoms. The maximum atomic E-state index is 15.6. The molecule has 3 N–H and O–H groups in total. The molecule has 0 amide bonds. The van der Waals surface area contributed by atoms with E-state index in [-0.39, 0.29) is 5.75 Å². The normalized spacial score (nSPS) is 24.3. The van der Waals surface area contributed by atoms with Gasteiger partial charge in [0.25, 0.3) is 5.56 Å². The second-order valence-corrected chi connectivity index (χ2v) is 11.8. The van der Waals surface area contributed by atoms with Crippen molar-refractivity contribution >= 4 is 13.7 Å². The highest BCUT2D eigenvalue weighted by molar-refractivity contribution is 7.52. The number of aromatic nitrogens is 3. The van der Waals surface area contributed by atoms with Crippen molar-refractivity contribution in [1.82, 2.24) is 19.6 Å². The van der Waals surface area contributed by atoms with Crippen LogP contribution in [0.25, 0.3) is 11.3 Å². The highest BCUT2D eigenvalue weighted by Gasteiger charge is 2.56. The standard InChI is InChI=1S/C26H32FN4O10P/c1-14(2)39-23(34)15(3)30-42(36,41-18-8-6-17(7-9-18)21-16(4)37-13-28-21)38-12-19-22(33)26(5,27)24(40-19)31-11-10-20(32)29-25(31)35/h6-11,13-15,19,22,24,33H,12H2,1-5H3,(H,30,36)(H,29,32,35)/t15-,19+,22+,24+,26+,42?/m0/s1. The van der Waals surface area contributed by atoms with Gasteiger partial charge < -0.3 is 23.5 Å². The molecule has 0 spiro atoms. The Morgan fingerprint density at radius 2 is 1.95 bits per heavy atom. The minimum absolute atomic E-state index is 0.0843. The number of oxazole rings is 1. The third kappa shape index (κ3) is 6.88. The number of nitrogens with zero attached hydrogens (tertiary/aromatic N) is 2. The summed E-state index contributed by atoms with van der Waals surface area (Å²) in [6.07, 6.45) is -3.04. The van der Waals surface area contributed by atoms with Crippen molar-refractivity contribution in [2.45, 2.75) is 70.9 Å². The van der Waals surface area contributed by atoms with Crippen LogP contribution in [0, 0.1) is 6.92 Å². The predicted octanol–water partition coefficient (Wildman–Crippen LogP) is 2.62. The molecule has 0 aliphatic carbocycles. The molecule has 1 aliphatic heterocycles. The fraction of sp³-hybridized carbons (Fsp3) is 0.462. The summed E-state index contributed by atoms with van der Waals surface area (Å²) in [6, 6.07) is 6.11. The van der Waals surface area contributed by atoms with E-state index in [9.17, 15) is 24.1 Å². The lowest BCUT2D eigenvalue weighted by Crippen LogP contribution is -2.43. The van der Waals surface area contributed by atoms with E-state index in [4.69, 9.17) is 22.9 Å². The Bertz CT molecular complexity index is 1570. The van der Waals surface area contributed by atoms with Gasteiger partial charge in [0.05, 0.1) is 12.7 Å². The van der Waals surface area contributed by atoms with Crippen LogP contribution in [-0.2, 0) is 23.4 Å². The SMILES string of the molecule is Cc1ocnc1-c1ccc(OP(=O)(N[C@@H](C)C(=O)OC(C)C)OC[C@H]2O[C@@H](n3ccc(=O)[nH]c3=O)[C@](C)(F)[C@@H]2O)cc1. The molecule has 1 aromatic carbocycles. The summed E-state index contributed by atoms with van der Waals surface area (Å²) in [6.45, 7) is 6.76. The number of alkyl halides is 1. The number of aliphatic hydroxyl groups excluding tert-OH is 1. The van der Waals surface area contributed by atoms with E-state index >= 15 is 4.39 Å². The molecule has 14 nitrogen and oxygen atoms in total. The fourth-order valence-electron chi connectivity index (χ4n) is 4.24. The van der Waals surface area contributed by atoms with Crippen molar-refractivity contribution in [1.29, 1.82) is 0 Å². The summed E-state index contributed by atoms with van der Waals surface area (Å²) >= 11 is 0. The smallest absolute Gasteiger partial charge is 0.459 e. The zero-order chi connectivity index (χ0) is 30.8. The number of rotatable bonds is 11. The van der Waals surface area contributed by atoms with Crippen LogP contribution in [0.4, 0.5) is 4.39 Å². The molecule has 0 radical (unpaired) electrons. The van der Waals surface area contributed by atoms with Crippen LogP contribution in [-0.4, -0.2) is 62.2 Å². The largest absolute Gasteiger partial charge is 0.462 e. The summed E-state index contributed by atoms with van der Waals surface area (Å²) in [4.78, 5) is 42.3. The van der Waals surface area contributed by atoms with Gasteiger partial charge in [0, 0.05) is 17.8 Å². The Labute approximate surface area is 239 Å². The molecular formula is C26H32FN4O10P. The van der Waals surface area contributed by atoms with Crippen LogP contribution in [0.1, 0.15) is 39.7 Å². The highest BCUT2D eigenvalue weighted by Crippen LogP contribution is 2.47. The van der Waals surface area contributed by atoms with E-state index < -0.39 is 67.8 Å². The number of aliphatic hydroxyl groups is 1. The average Bonchev–Trinajstić information content (AvgIpc) is 3.43. The van der Waals surface area contributed by atoms with E-state index in [2.05, 4.69) is 10.1 Å². The van der Waals surface area contributed by atoms with Gasteiger partial charge in [-0.15, -0.1) is 0 Å². The summed E-state index contributed by atoms with van der Waals surface area (Å²) < 4.78 is 57.5. The number of hydrogen-bond acceptors (Lipinski definition) is 11. The number of carbonyl (C=O) groups excluding carboxylic acids is 1. The number of ether oxygens (including phenoxy) is 2. The van der Waals surface area contributed by atoms with E-state index in [1.807, 2.05) is 4.98 Å². The van der Waals surface area contributed by atoms with Gasteiger partial charge in [-0.1, -0.05) is 0 Å². The van der Waals surface area contributed by atoms with Gasteiger partial charge in [0.1, 0.15) is 35.5 Å². The van der Waals surface area contributed by atoms with Crippen LogP contribution in [0.2, 0.25) is 0 Å². The number of esters is 1. The number of aryl methyl sites for hydroxylation is 1. The van der Waals surface area contributed by atoms with Gasteiger partial charge in [-0.05, 0) is 58.9 Å². The van der Waals surface area contributed by atoms with Crippen molar-refractivity contribution in [2.24, 2.45) is 0 Å². The number of nitrogens with one attached hydrogen (secondary N) is 2. The second-order valence-electron chi connectivity index (χ2n) is 10.1. The maximum absolute atomic E-state index is 15.6. The van der Waals surface area contributed by atoms with E-state index in [1.54, 1.807) is 32.9 Å². The highest BCUT2D eigenvalue weighted by atomic mass is 31.2. The Morgan fingerprint density at radius 3 is 2.55 bits per heavy atom. The number of benzene rings is 1. The third-order valence-electron chi connectivity index (χ3n) is 6.38. The zero-order valence-corrected chi connectivity index (χ0v) is 24.4. The molecule has 1 aliphatic rings. The van der Waals surface area contributed by atoms with Gasteiger partial charge in [-0.25, -0.2) is 18.7 Å². The number of hydrogen-bond donors (Lipinski definition) is 3. The van der Waals surface area contributed by atoms with Gasteiger partial charge >= 0.3 is 19.4 Å². The minimum Gasteiger partial charge on any atom is -0.462 e. The first-order valence-corrected chi connectivity index (χ1v) is 14.5. The second kappa shape index (κ2) is 12.3. The number of carbonyl (C=O) groups is 1. The molecule has 0 bridgehead atoms. The lowest BCUT2D eigenvalue weighted by molar-refractivity contribution is -0.149. The van der Waals surface area contributed by atoms with Crippen LogP contribution in [0.3, 0.4) is 0 Å². The average molecular weight is 611 g/mol. The van der Waals surface area contributed by atoms with Crippen LogP contribution in [0.15, 0.2) is 56.9 Å². The molecule has 1 unspecified atom stereocenters. The number of H-pyrrole nitrogens is 1. The number of halogens is 1.